The monoisotopic (exact) mass is 396 g/mol. The van der Waals surface area contributed by atoms with Crippen LogP contribution in [-0.4, -0.2) is 18.4 Å². The molecule has 0 aliphatic carbocycles. The third-order valence-electron chi connectivity index (χ3n) is 4.16. The van der Waals surface area contributed by atoms with E-state index in [1.54, 1.807) is 41.3 Å². The predicted molar refractivity (Wildman–Crippen MR) is 102 cm³/mol. The van der Waals surface area contributed by atoms with E-state index in [1.165, 1.54) is 0 Å². The number of hydrogen-bond donors (Lipinski definition) is 1. The Hall–Kier alpha value is -1.75. The van der Waals surface area contributed by atoms with Crippen molar-refractivity contribution in [2.45, 2.75) is 13.3 Å². The van der Waals surface area contributed by atoms with Gasteiger partial charge in [-0.05, 0) is 48.9 Å². The Morgan fingerprint density at radius 3 is 2.56 bits per heavy atom. The SMILES string of the molecule is Cc1cc(Cl)ccc1NC(=O)C1CC(=O)N(c2ccc(Cl)c(Cl)c2)C1. The highest BCUT2D eigenvalue weighted by Crippen LogP contribution is 2.31. The van der Waals surface area contributed by atoms with Gasteiger partial charge in [-0.25, -0.2) is 0 Å². The predicted octanol–water partition coefficient (Wildman–Crippen LogP) is 4.95. The van der Waals surface area contributed by atoms with E-state index in [1.807, 2.05) is 6.92 Å². The Balaban J connectivity index is 1.73. The molecule has 7 heteroatoms. The number of anilines is 2. The van der Waals surface area contributed by atoms with Crippen molar-refractivity contribution >= 4 is 58.0 Å². The second kappa shape index (κ2) is 7.24. The lowest BCUT2D eigenvalue weighted by Gasteiger charge is -2.17. The third kappa shape index (κ3) is 3.92. The number of amides is 2. The van der Waals surface area contributed by atoms with Crippen LogP contribution in [0.5, 0.6) is 0 Å². The lowest BCUT2D eigenvalue weighted by molar-refractivity contribution is -0.122. The van der Waals surface area contributed by atoms with E-state index < -0.39 is 5.92 Å². The van der Waals surface area contributed by atoms with Crippen LogP contribution in [0.3, 0.4) is 0 Å². The van der Waals surface area contributed by atoms with Gasteiger partial charge in [0.15, 0.2) is 0 Å². The van der Waals surface area contributed by atoms with Crippen molar-refractivity contribution in [3.05, 3.63) is 57.0 Å². The second-order valence-corrected chi connectivity index (χ2v) is 7.20. The Morgan fingerprint density at radius 2 is 1.88 bits per heavy atom. The van der Waals surface area contributed by atoms with E-state index in [2.05, 4.69) is 5.32 Å². The summed E-state index contributed by atoms with van der Waals surface area (Å²) >= 11 is 17.9. The molecule has 25 heavy (non-hydrogen) atoms. The van der Waals surface area contributed by atoms with Gasteiger partial charge in [0.2, 0.25) is 11.8 Å². The van der Waals surface area contributed by atoms with Gasteiger partial charge in [0.1, 0.15) is 0 Å². The summed E-state index contributed by atoms with van der Waals surface area (Å²) in [7, 11) is 0. The molecule has 0 radical (unpaired) electrons. The minimum Gasteiger partial charge on any atom is -0.326 e. The van der Waals surface area contributed by atoms with Crippen LogP contribution >= 0.6 is 34.8 Å². The molecule has 130 valence electrons. The van der Waals surface area contributed by atoms with Crippen LogP contribution in [0.15, 0.2) is 36.4 Å². The molecule has 2 amide bonds. The van der Waals surface area contributed by atoms with Crippen molar-refractivity contribution in [1.82, 2.24) is 0 Å². The summed E-state index contributed by atoms with van der Waals surface area (Å²) in [4.78, 5) is 26.4. The van der Waals surface area contributed by atoms with Crippen LogP contribution in [0.25, 0.3) is 0 Å². The minimum absolute atomic E-state index is 0.119. The minimum atomic E-state index is -0.433. The molecule has 3 rings (SSSR count). The Labute approximate surface area is 160 Å². The lowest BCUT2D eigenvalue weighted by Crippen LogP contribution is -2.28. The number of nitrogens with zero attached hydrogens (tertiary/aromatic N) is 1. The average Bonchev–Trinajstić information content (AvgIpc) is 2.95. The van der Waals surface area contributed by atoms with E-state index in [0.717, 1.165) is 5.56 Å². The van der Waals surface area contributed by atoms with Crippen LogP contribution in [0.1, 0.15) is 12.0 Å². The number of benzene rings is 2. The molecule has 1 N–H and O–H groups in total. The zero-order valence-electron chi connectivity index (χ0n) is 13.4. The molecule has 1 unspecified atom stereocenters. The molecule has 1 atom stereocenters. The van der Waals surface area contributed by atoms with Crippen LogP contribution in [0, 0.1) is 12.8 Å². The van der Waals surface area contributed by atoms with E-state index >= 15 is 0 Å². The molecule has 4 nitrogen and oxygen atoms in total. The van der Waals surface area contributed by atoms with Crippen molar-refractivity contribution in [1.29, 1.82) is 0 Å². The van der Waals surface area contributed by atoms with E-state index in [0.29, 0.717) is 33.0 Å². The maximum Gasteiger partial charge on any atom is 0.229 e. The van der Waals surface area contributed by atoms with Crippen LogP contribution in [0.4, 0.5) is 11.4 Å². The zero-order valence-corrected chi connectivity index (χ0v) is 15.6. The Kier molecular flexibility index (Phi) is 5.23. The largest absolute Gasteiger partial charge is 0.326 e. The first kappa shape index (κ1) is 18.1. The maximum atomic E-state index is 12.5. The molecule has 0 bridgehead atoms. The van der Waals surface area contributed by atoms with Crippen molar-refractivity contribution in [2.24, 2.45) is 5.92 Å². The van der Waals surface area contributed by atoms with Crippen LogP contribution in [-0.2, 0) is 9.59 Å². The number of hydrogen-bond acceptors (Lipinski definition) is 2. The molecule has 1 aliphatic heterocycles. The van der Waals surface area contributed by atoms with Gasteiger partial charge in [-0.1, -0.05) is 34.8 Å². The van der Waals surface area contributed by atoms with E-state index in [-0.39, 0.29) is 18.2 Å². The number of carbonyl (C=O) groups is 2. The van der Waals surface area contributed by atoms with E-state index in [9.17, 15) is 9.59 Å². The highest BCUT2D eigenvalue weighted by molar-refractivity contribution is 6.42. The fraction of sp³-hybridized carbons (Fsp3) is 0.222. The Bertz CT molecular complexity index is 854. The number of carbonyl (C=O) groups excluding carboxylic acids is 2. The highest BCUT2D eigenvalue weighted by atomic mass is 35.5. The number of aryl methyl sites for hydroxylation is 1. The van der Waals surface area contributed by atoms with Gasteiger partial charge < -0.3 is 10.2 Å². The zero-order chi connectivity index (χ0) is 18.1. The number of rotatable bonds is 3. The summed E-state index contributed by atoms with van der Waals surface area (Å²) in [5.41, 5.74) is 2.19. The molecule has 0 aromatic heterocycles. The first-order valence-corrected chi connectivity index (χ1v) is 8.81. The van der Waals surface area contributed by atoms with Gasteiger partial charge in [-0.2, -0.15) is 0 Å². The molecule has 1 saturated heterocycles. The molecule has 0 saturated carbocycles. The molecule has 1 aliphatic rings. The third-order valence-corrected chi connectivity index (χ3v) is 5.13. The summed E-state index contributed by atoms with van der Waals surface area (Å²) in [5.74, 6) is -0.746. The van der Waals surface area contributed by atoms with Crippen LogP contribution < -0.4 is 10.2 Å². The van der Waals surface area contributed by atoms with Crippen molar-refractivity contribution in [2.75, 3.05) is 16.8 Å². The maximum absolute atomic E-state index is 12.5. The van der Waals surface area contributed by atoms with Crippen LogP contribution in [0.2, 0.25) is 15.1 Å². The van der Waals surface area contributed by atoms with Gasteiger partial charge in [-0.15, -0.1) is 0 Å². The highest BCUT2D eigenvalue weighted by Gasteiger charge is 2.35. The average molecular weight is 398 g/mol. The molecule has 0 spiro atoms. The molecule has 1 fully saturated rings. The van der Waals surface area contributed by atoms with Crippen molar-refractivity contribution in [3.63, 3.8) is 0 Å². The molecule has 1 heterocycles. The quantitative estimate of drug-likeness (QED) is 0.797. The Morgan fingerprint density at radius 1 is 1.12 bits per heavy atom. The van der Waals surface area contributed by atoms with Gasteiger partial charge in [0.05, 0.1) is 16.0 Å². The van der Waals surface area contributed by atoms with Gasteiger partial charge in [0, 0.05) is 29.4 Å². The first-order valence-electron chi connectivity index (χ1n) is 7.67. The van der Waals surface area contributed by atoms with Crippen molar-refractivity contribution in [3.8, 4) is 0 Å². The molecule has 2 aromatic carbocycles. The topological polar surface area (TPSA) is 49.4 Å². The molecular formula is C18H15Cl3N2O2. The number of nitrogens with one attached hydrogen (secondary N) is 1. The first-order chi connectivity index (χ1) is 11.8. The smallest absolute Gasteiger partial charge is 0.229 e. The van der Waals surface area contributed by atoms with Gasteiger partial charge in [0.25, 0.3) is 0 Å². The molecule has 2 aromatic rings. The summed E-state index contributed by atoms with van der Waals surface area (Å²) in [6, 6.07) is 10.2. The summed E-state index contributed by atoms with van der Waals surface area (Å²) in [6.45, 7) is 2.17. The van der Waals surface area contributed by atoms with Gasteiger partial charge in [-0.3, -0.25) is 9.59 Å². The van der Waals surface area contributed by atoms with Gasteiger partial charge >= 0.3 is 0 Å². The second-order valence-electron chi connectivity index (χ2n) is 5.95. The fourth-order valence-corrected chi connectivity index (χ4v) is 3.31. The standard InChI is InChI=1S/C18H15Cl3N2O2/c1-10-6-12(19)2-5-16(10)22-18(25)11-7-17(24)23(9-11)13-3-4-14(20)15(21)8-13/h2-6,8,11H,7,9H2,1H3,(H,22,25). The lowest BCUT2D eigenvalue weighted by atomic mass is 10.1. The van der Waals surface area contributed by atoms with E-state index in [4.69, 9.17) is 34.8 Å². The van der Waals surface area contributed by atoms with Crippen molar-refractivity contribution < 1.29 is 9.59 Å². The summed E-state index contributed by atoms with van der Waals surface area (Å²) in [6.07, 6.45) is 0.152. The summed E-state index contributed by atoms with van der Waals surface area (Å²) < 4.78 is 0. The fourth-order valence-electron chi connectivity index (χ4n) is 2.79. The summed E-state index contributed by atoms with van der Waals surface area (Å²) in [5, 5.41) is 4.27. The normalized spacial score (nSPS) is 17.0. The number of halogens is 3. The molecular weight excluding hydrogens is 383 g/mol.